The number of nitrogens with zero attached hydrogens (tertiary/aromatic N) is 2. The van der Waals surface area contributed by atoms with Gasteiger partial charge in [-0.15, -0.1) is 0 Å². The number of rotatable bonds is 4. The van der Waals surface area contributed by atoms with E-state index in [0.717, 1.165) is 27.9 Å². The fraction of sp³-hybridized carbons (Fsp3) is 0.182. The minimum absolute atomic E-state index is 0.148. The molecule has 1 aliphatic rings. The van der Waals surface area contributed by atoms with Crippen LogP contribution >= 0.6 is 0 Å². The van der Waals surface area contributed by atoms with Crippen molar-refractivity contribution in [2.75, 3.05) is 11.9 Å². The van der Waals surface area contributed by atoms with Gasteiger partial charge >= 0.3 is 0 Å². The maximum Gasteiger partial charge on any atom is 0.251 e. The molecule has 142 valence electrons. The summed E-state index contributed by atoms with van der Waals surface area (Å²) in [7, 11) is 1.63. The van der Waals surface area contributed by atoms with E-state index in [1.165, 1.54) is 0 Å². The van der Waals surface area contributed by atoms with Gasteiger partial charge in [0, 0.05) is 29.9 Å². The van der Waals surface area contributed by atoms with Gasteiger partial charge in [0.2, 0.25) is 12.1 Å². The third-order valence-electron chi connectivity index (χ3n) is 4.93. The Balaban J connectivity index is 1.76. The predicted molar refractivity (Wildman–Crippen MR) is 107 cm³/mol. The lowest BCUT2D eigenvalue weighted by molar-refractivity contribution is 0.0963. The number of amides is 1. The van der Waals surface area contributed by atoms with E-state index in [2.05, 4.69) is 10.5 Å². The highest BCUT2D eigenvalue weighted by Gasteiger charge is 2.30. The van der Waals surface area contributed by atoms with Crippen molar-refractivity contribution in [3.05, 3.63) is 83.4 Å². The number of nitrogens with one attached hydrogen (secondary N) is 1. The Hall–Kier alpha value is -3.54. The quantitative estimate of drug-likeness (QED) is 0.735. The SMILES string of the molecule is CNC(=O)c1cc(C2OC=CN2c2onc(C)c2C)ccc1-c1ccccc1. The molecule has 1 aromatic heterocycles. The van der Waals surface area contributed by atoms with Crippen LogP contribution in [0.15, 0.2) is 65.5 Å². The number of anilines is 1. The van der Waals surface area contributed by atoms with E-state index in [9.17, 15) is 4.79 Å². The lowest BCUT2D eigenvalue weighted by atomic mass is 9.96. The zero-order valence-electron chi connectivity index (χ0n) is 16.0. The number of benzene rings is 2. The van der Waals surface area contributed by atoms with Crippen molar-refractivity contribution >= 4 is 11.8 Å². The van der Waals surface area contributed by atoms with E-state index < -0.39 is 6.23 Å². The zero-order valence-corrected chi connectivity index (χ0v) is 16.0. The molecule has 2 heterocycles. The van der Waals surface area contributed by atoms with Crippen molar-refractivity contribution in [2.45, 2.75) is 20.1 Å². The highest BCUT2D eigenvalue weighted by atomic mass is 16.5. The van der Waals surface area contributed by atoms with Gasteiger partial charge in [-0.25, -0.2) is 0 Å². The lowest BCUT2D eigenvalue weighted by Crippen LogP contribution is -2.22. The summed E-state index contributed by atoms with van der Waals surface area (Å²) < 4.78 is 11.3. The normalized spacial score (nSPS) is 15.5. The van der Waals surface area contributed by atoms with Crippen molar-refractivity contribution in [3.8, 4) is 11.1 Å². The maximum atomic E-state index is 12.6. The van der Waals surface area contributed by atoms with Crippen LogP contribution in [-0.2, 0) is 4.74 Å². The van der Waals surface area contributed by atoms with Crippen LogP contribution in [0.3, 0.4) is 0 Å². The molecule has 4 rings (SSSR count). The van der Waals surface area contributed by atoms with Crippen molar-refractivity contribution in [1.82, 2.24) is 10.5 Å². The molecule has 3 aromatic rings. The van der Waals surface area contributed by atoms with Gasteiger partial charge < -0.3 is 14.6 Å². The van der Waals surface area contributed by atoms with E-state index in [-0.39, 0.29) is 5.91 Å². The fourth-order valence-corrected chi connectivity index (χ4v) is 3.28. The van der Waals surface area contributed by atoms with Crippen molar-refractivity contribution < 1.29 is 14.1 Å². The molecule has 2 aromatic carbocycles. The standard InChI is InChI=1S/C22H21N3O3/c1-14-15(2)24-28-21(14)25-11-12-27-22(25)17-9-10-18(16-7-5-4-6-8-16)19(13-17)20(26)23-3/h4-13,22H,1-3H3,(H,23,26). The number of carbonyl (C=O) groups excluding carboxylic acids is 1. The third-order valence-corrected chi connectivity index (χ3v) is 4.93. The van der Waals surface area contributed by atoms with Crippen molar-refractivity contribution in [2.24, 2.45) is 0 Å². The van der Waals surface area contributed by atoms with Crippen LogP contribution in [0.2, 0.25) is 0 Å². The average molecular weight is 375 g/mol. The van der Waals surface area contributed by atoms with Gasteiger partial charge in [-0.2, -0.15) is 0 Å². The average Bonchev–Trinajstić information content (AvgIpc) is 3.34. The Morgan fingerprint density at radius 2 is 1.93 bits per heavy atom. The molecule has 6 nitrogen and oxygen atoms in total. The molecule has 1 amide bonds. The number of aromatic nitrogens is 1. The second-order valence-corrected chi connectivity index (χ2v) is 6.63. The summed E-state index contributed by atoms with van der Waals surface area (Å²) in [6.07, 6.45) is 2.99. The molecule has 0 spiro atoms. The second-order valence-electron chi connectivity index (χ2n) is 6.63. The second kappa shape index (κ2) is 7.23. The molecule has 1 atom stereocenters. The Morgan fingerprint density at radius 1 is 1.14 bits per heavy atom. The van der Waals surface area contributed by atoms with Crippen LogP contribution in [0.5, 0.6) is 0 Å². The van der Waals surface area contributed by atoms with Crippen LogP contribution in [0.25, 0.3) is 11.1 Å². The van der Waals surface area contributed by atoms with E-state index in [1.54, 1.807) is 13.3 Å². The first-order valence-corrected chi connectivity index (χ1v) is 9.05. The minimum atomic E-state index is -0.431. The molecule has 0 saturated heterocycles. The first-order valence-electron chi connectivity index (χ1n) is 9.05. The number of ether oxygens (including phenoxy) is 1. The van der Waals surface area contributed by atoms with Gasteiger partial charge in [-0.05, 0) is 31.0 Å². The monoisotopic (exact) mass is 375 g/mol. The summed E-state index contributed by atoms with van der Waals surface area (Å²) in [6.45, 7) is 3.86. The Kier molecular flexibility index (Phi) is 4.61. The molecule has 1 unspecified atom stereocenters. The summed E-state index contributed by atoms with van der Waals surface area (Å²) in [6, 6.07) is 15.6. The molecular weight excluding hydrogens is 354 g/mol. The van der Waals surface area contributed by atoms with Crippen LogP contribution in [0.1, 0.15) is 33.4 Å². The van der Waals surface area contributed by atoms with Crippen LogP contribution < -0.4 is 10.2 Å². The molecule has 0 bridgehead atoms. The molecule has 0 radical (unpaired) electrons. The van der Waals surface area contributed by atoms with E-state index in [0.29, 0.717) is 11.4 Å². The smallest absolute Gasteiger partial charge is 0.251 e. The van der Waals surface area contributed by atoms with Crippen molar-refractivity contribution in [3.63, 3.8) is 0 Å². The molecule has 1 aliphatic heterocycles. The molecule has 0 saturated carbocycles. The molecule has 6 heteroatoms. The number of carbonyl (C=O) groups is 1. The highest BCUT2D eigenvalue weighted by Crippen LogP contribution is 2.37. The summed E-state index contributed by atoms with van der Waals surface area (Å²) >= 11 is 0. The predicted octanol–water partition coefficient (Wildman–Crippen LogP) is 4.32. The van der Waals surface area contributed by atoms with E-state index in [4.69, 9.17) is 9.26 Å². The summed E-state index contributed by atoms with van der Waals surface area (Å²) in [4.78, 5) is 14.4. The van der Waals surface area contributed by atoms with E-state index >= 15 is 0 Å². The van der Waals surface area contributed by atoms with Crippen molar-refractivity contribution in [1.29, 1.82) is 0 Å². The maximum absolute atomic E-state index is 12.6. The Labute approximate surface area is 163 Å². The largest absolute Gasteiger partial charge is 0.472 e. The van der Waals surface area contributed by atoms with Gasteiger partial charge in [0.15, 0.2) is 0 Å². The first kappa shape index (κ1) is 17.9. The van der Waals surface area contributed by atoms with Crippen LogP contribution in [0.4, 0.5) is 5.88 Å². The Bertz CT molecular complexity index is 1040. The highest BCUT2D eigenvalue weighted by molar-refractivity contribution is 6.01. The molecular formula is C22H21N3O3. The Morgan fingerprint density at radius 3 is 2.61 bits per heavy atom. The molecule has 28 heavy (non-hydrogen) atoms. The molecule has 0 fully saturated rings. The van der Waals surface area contributed by atoms with Crippen LogP contribution in [0, 0.1) is 13.8 Å². The van der Waals surface area contributed by atoms with Crippen LogP contribution in [-0.4, -0.2) is 18.1 Å². The van der Waals surface area contributed by atoms with Gasteiger partial charge in [-0.3, -0.25) is 9.69 Å². The molecule has 0 aliphatic carbocycles. The number of aryl methyl sites for hydroxylation is 1. The summed E-state index contributed by atoms with van der Waals surface area (Å²) in [5.41, 5.74) is 5.07. The van der Waals surface area contributed by atoms with E-state index in [1.807, 2.05) is 73.5 Å². The van der Waals surface area contributed by atoms with Gasteiger partial charge in [0.05, 0.1) is 5.69 Å². The topological polar surface area (TPSA) is 67.6 Å². The lowest BCUT2D eigenvalue weighted by Gasteiger charge is -2.23. The zero-order chi connectivity index (χ0) is 19.7. The van der Waals surface area contributed by atoms with Gasteiger partial charge in [0.25, 0.3) is 5.91 Å². The fourth-order valence-electron chi connectivity index (χ4n) is 3.28. The van der Waals surface area contributed by atoms with Gasteiger partial charge in [0.1, 0.15) is 6.26 Å². The summed E-state index contributed by atoms with van der Waals surface area (Å²) in [5, 5.41) is 6.76. The van der Waals surface area contributed by atoms with Gasteiger partial charge in [-0.1, -0.05) is 47.6 Å². The first-order chi connectivity index (χ1) is 13.6. The summed E-state index contributed by atoms with van der Waals surface area (Å²) in [5.74, 6) is 0.481. The number of hydrogen-bond acceptors (Lipinski definition) is 5. The number of hydrogen-bond donors (Lipinski definition) is 1. The molecule has 1 N–H and O–H groups in total. The third kappa shape index (κ3) is 3.03. The minimum Gasteiger partial charge on any atom is -0.472 e.